The highest BCUT2D eigenvalue weighted by Crippen LogP contribution is 2.50. The fourth-order valence-corrected chi connectivity index (χ4v) is 5.13. The molecular formula is C26H32O2. The van der Waals surface area contributed by atoms with Gasteiger partial charge >= 0.3 is 5.97 Å². The molecule has 0 aromatic heterocycles. The van der Waals surface area contributed by atoms with Crippen LogP contribution >= 0.6 is 0 Å². The fraction of sp³-hybridized carbons (Fsp3) is 0.500. The molecular weight excluding hydrogens is 344 g/mol. The van der Waals surface area contributed by atoms with Crippen molar-refractivity contribution in [2.75, 3.05) is 0 Å². The molecule has 2 saturated carbocycles. The molecule has 0 amide bonds. The first kappa shape index (κ1) is 19.2. The summed E-state index contributed by atoms with van der Waals surface area (Å²) in [6.45, 7) is 6.91. The van der Waals surface area contributed by atoms with Crippen molar-refractivity contribution in [3.63, 3.8) is 0 Å². The average Bonchev–Trinajstić information content (AvgIpc) is 3.50. The first-order valence-corrected chi connectivity index (χ1v) is 10.8. The van der Waals surface area contributed by atoms with Crippen molar-refractivity contribution in [1.82, 2.24) is 0 Å². The number of benzene rings is 2. The van der Waals surface area contributed by atoms with Gasteiger partial charge in [0.15, 0.2) is 0 Å². The van der Waals surface area contributed by atoms with Crippen LogP contribution in [0.2, 0.25) is 0 Å². The molecule has 0 radical (unpaired) electrons. The van der Waals surface area contributed by atoms with Gasteiger partial charge < -0.3 is 4.74 Å². The maximum atomic E-state index is 13.0. The summed E-state index contributed by atoms with van der Waals surface area (Å²) in [5, 5.41) is 0. The third-order valence-corrected chi connectivity index (χ3v) is 7.09. The molecule has 0 N–H and O–H groups in total. The molecule has 148 valence electrons. The molecule has 5 atom stereocenters. The second kappa shape index (κ2) is 7.73. The van der Waals surface area contributed by atoms with E-state index in [1.54, 1.807) is 0 Å². The van der Waals surface area contributed by atoms with Crippen LogP contribution in [0.3, 0.4) is 0 Å². The third-order valence-electron chi connectivity index (χ3n) is 7.09. The Morgan fingerprint density at radius 3 is 2.25 bits per heavy atom. The van der Waals surface area contributed by atoms with Crippen LogP contribution in [0.4, 0.5) is 0 Å². The smallest absolute Gasteiger partial charge is 0.309 e. The normalized spacial score (nSPS) is 29.9. The van der Waals surface area contributed by atoms with Gasteiger partial charge in [-0.15, -0.1) is 0 Å². The number of hydrogen-bond acceptors (Lipinski definition) is 2. The van der Waals surface area contributed by atoms with Gasteiger partial charge in [0.25, 0.3) is 0 Å². The van der Waals surface area contributed by atoms with Crippen molar-refractivity contribution in [1.29, 1.82) is 0 Å². The van der Waals surface area contributed by atoms with E-state index in [9.17, 15) is 4.79 Å². The zero-order valence-electron chi connectivity index (χ0n) is 17.3. The topological polar surface area (TPSA) is 26.3 Å². The highest BCUT2D eigenvalue weighted by atomic mass is 16.5. The molecule has 2 aliphatic rings. The lowest BCUT2D eigenvalue weighted by Crippen LogP contribution is -2.43. The summed E-state index contributed by atoms with van der Waals surface area (Å²) in [5.74, 6) is 1.38. The average molecular weight is 377 g/mol. The van der Waals surface area contributed by atoms with E-state index in [0.717, 1.165) is 19.3 Å². The molecule has 2 fully saturated rings. The van der Waals surface area contributed by atoms with Gasteiger partial charge in [-0.25, -0.2) is 0 Å². The Bertz CT molecular complexity index is 796. The zero-order valence-corrected chi connectivity index (χ0v) is 17.3. The molecule has 2 aromatic carbocycles. The number of carbonyl (C=O) groups is 1. The molecule has 4 rings (SSSR count). The lowest BCUT2D eigenvalue weighted by Gasteiger charge is -2.44. The summed E-state index contributed by atoms with van der Waals surface area (Å²) < 4.78 is 6.22. The third kappa shape index (κ3) is 3.87. The highest BCUT2D eigenvalue weighted by Gasteiger charge is 2.48. The molecule has 0 unspecified atom stereocenters. The number of carbonyl (C=O) groups excluding carboxylic acids is 1. The molecule has 2 nitrogen and oxygen atoms in total. The molecule has 0 bridgehead atoms. The maximum absolute atomic E-state index is 13.0. The molecule has 28 heavy (non-hydrogen) atoms. The Balaban J connectivity index is 1.47. The molecule has 2 heteroatoms. The van der Waals surface area contributed by atoms with Gasteiger partial charge in [-0.05, 0) is 47.6 Å². The van der Waals surface area contributed by atoms with E-state index in [2.05, 4.69) is 75.4 Å². The minimum absolute atomic E-state index is 0.00523. The molecule has 0 heterocycles. The highest BCUT2D eigenvalue weighted by molar-refractivity contribution is 5.77. The number of esters is 1. The van der Waals surface area contributed by atoms with E-state index in [1.165, 1.54) is 17.5 Å². The van der Waals surface area contributed by atoms with E-state index < -0.39 is 0 Å². The van der Waals surface area contributed by atoms with Gasteiger partial charge in [0.05, 0.1) is 5.92 Å². The lowest BCUT2D eigenvalue weighted by atomic mass is 9.64. The summed E-state index contributed by atoms with van der Waals surface area (Å²) in [7, 11) is 0. The van der Waals surface area contributed by atoms with E-state index >= 15 is 0 Å². The van der Waals surface area contributed by atoms with Gasteiger partial charge in [0, 0.05) is 5.92 Å². The van der Waals surface area contributed by atoms with Crippen molar-refractivity contribution < 1.29 is 9.53 Å². The Morgan fingerprint density at radius 2 is 1.57 bits per heavy atom. The van der Waals surface area contributed by atoms with Crippen LogP contribution in [-0.4, -0.2) is 12.1 Å². The fourth-order valence-electron chi connectivity index (χ4n) is 5.13. The second-order valence-corrected chi connectivity index (χ2v) is 9.45. The van der Waals surface area contributed by atoms with Gasteiger partial charge in [-0.2, -0.15) is 0 Å². The van der Waals surface area contributed by atoms with Gasteiger partial charge in [0.2, 0.25) is 0 Å². The largest absolute Gasteiger partial charge is 0.462 e. The molecule has 2 aromatic rings. The molecule has 0 aliphatic heterocycles. The first-order valence-electron chi connectivity index (χ1n) is 10.8. The van der Waals surface area contributed by atoms with Crippen molar-refractivity contribution in [3.05, 3.63) is 71.8 Å². The first-order chi connectivity index (χ1) is 13.5. The quantitative estimate of drug-likeness (QED) is 0.588. The van der Waals surface area contributed by atoms with Crippen LogP contribution in [0.5, 0.6) is 0 Å². The molecule has 0 saturated heterocycles. The van der Waals surface area contributed by atoms with Crippen molar-refractivity contribution in [2.45, 2.75) is 63.9 Å². The van der Waals surface area contributed by atoms with E-state index in [4.69, 9.17) is 4.74 Å². The van der Waals surface area contributed by atoms with Crippen molar-refractivity contribution >= 4 is 5.97 Å². The lowest BCUT2D eigenvalue weighted by molar-refractivity contribution is -0.158. The van der Waals surface area contributed by atoms with E-state index in [1.807, 2.05) is 6.07 Å². The van der Waals surface area contributed by atoms with Gasteiger partial charge in [0.1, 0.15) is 6.10 Å². The van der Waals surface area contributed by atoms with Crippen LogP contribution in [0, 0.1) is 17.8 Å². The Morgan fingerprint density at radius 1 is 0.929 bits per heavy atom. The summed E-state index contributed by atoms with van der Waals surface area (Å²) in [6, 6.07) is 21.1. The summed E-state index contributed by atoms with van der Waals surface area (Å²) in [4.78, 5) is 13.0. The SMILES string of the molecule is C[C@@H]1CC[C@@H](C(C)(C)c2ccccc2)[C@H](OC(=O)[C@H]2C[C@@H]2c2ccccc2)C1. The summed E-state index contributed by atoms with van der Waals surface area (Å²) >= 11 is 0. The van der Waals surface area contributed by atoms with Gasteiger partial charge in [-0.3, -0.25) is 4.79 Å². The zero-order chi connectivity index (χ0) is 19.7. The maximum Gasteiger partial charge on any atom is 0.309 e. The van der Waals surface area contributed by atoms with Crippen LogP contribution < -0.4 is 0 Å². The molecule has 0 spiro atoms. The van der Waals surface area contributed by atoms with Crippen LogP contribution in [0.25, 0.3) is 0 Å². The number of rotatable bonds is 5. The van der Waals surface area contributed by atoms with E-state index in [-0.39, 0.29) is 23.4 Å². The standard InChI is InChI=1S/C26H32O2/c1-18-14-15-23(26(2,3)20-12-8-5-9-13-20)24(16-18)28-25(27)22-17-21(22)19-10-6-4-7-11-19/h4-13,18,21-24H,14-17H2,1-3H3/t18-,21-,22+,23-,24-/m1/s1. The van der Waals surface area contributed by atoms with Crippen LogP contribution in [0.15, 0.2) is 60.7 Å². The van der Waals surface area contributed by atoms with Crippen molar-refractivity contribution in [2.24, 2.45) is 17.8 Å². The minimum atomic E-state index is -0.00523. The van der Waals surface area contributed by atoms with E-state index in [0.29, 0.717) is 17.8 Å². The van der Waals surface area contributed by atoms with Crippen molar-refractivity contribution in [3.8, 4) is 0 Å². The van der Waals surface area contributed by atoms with Crippen LogP contribution in [0.1, 0.15) is 63.5 Å². The Kier molecular flexibility index (Phi) is 5.31. The summed E-state index contributed by atoms with van der Waals surface area (Å²) in [6.07, 6.45) is 4.26. The number of ether oxygens (including phenoxy) is 1. The predicted molar refractivity (Wildman–Crippen MR) is 113 cm³/mol. The predicted octanol–water partition coefficient (Wildman–Crippen LogP) is 6.12. The monoisotopic (exact) mass is 376 g/mol. The number of hydrogen-bond donors (Lipinski definition) is 0. The molecule has 2 aliphatic carbocycles. The summed E-state index contributed by atoms with van der Waals surface area (Å²) in [5.41, 5.74) is 2.60. The van der Waals surface area contributed by atoms with Gasteiger partial charge in [-0.1, -0.05) is 87.9 Å². The second-order valence-electron chi connectivity index (χ2n) is 9.45. The minimum Gasteiger partial charge on any atom is -0.462 e. The Hall–Kier alpha value is -2.09. The van der Waals surface area contributed by atoms with Crippen LogP contribution in [-0.2, 0) is 14.9 Å². The Labute approximate surface area is 169 Å².